The van der Waals surface area contributed by atoms with Gasteiger partial charge in [0.1, 0.15) is 18.4 Å². The van der Waals surface area contributed by atoms with Gasteiger partial charge in [0.15, 0.2) is 0 Å². The van der Waals surface area contributed by atoms with E-state index in [9.17, 15) is 22.4 Å². The summed E-state index contributed by atoms with van der Waals surface area (Å²) in [4.78, 5) is 28.8. The maximum Gasteiger partial charge on any atom is 0.264 e. The van der Waals surface area contributed by atoms with Crippen LogP contribution >= 0.6 is 11.6 Å². The molecule has 0 heterocycles. The number of halogens is 2. The quantitative estimate of drug-likeness (QED) is 0.320. The minimum absolute atomic E-state index is 0.0221. The highest BCUT2D eigenvalue weighted by Gasteiger charge is 2.34. The number of hydrogen-bond donors (Lipinski definition) is 1. The van der Waals surface area contributed by atoms with Gasteiger partial charge in [-0.3, -0.25) is 13.9 Å². The summed E-state index contributed by atoms with van der Waals surface area (Å²) in [5, 5.41) is 3.51. The number of para-hydroxylation sites is 1. The predicted molar refractivity (Wildman–Crippen MR) is 154 cm³/mol. The molecule has 3 aromatic carbocycles. The lowest BCUT2D eigenvalue weighted by Gasteiger charge is -2.34. The molecule has 7 nitrogen and oxygen atoms in total. The van der Waals surface area contributed by atoms with Gasteiger partial charge in [0.25, 0.3) is 10.0 Å². The standard InChI is InChI=1S/C30H33ClFN3O4S/c1-2-28(30(37)33-24-11-7-8-12-24)34(20-22-10-6-9-15-27(22)31)29(36)21-35(25-13-4-3-5-14-25)40(38,39)26-18-16-23(32)17-19-26/h3-6,9-10,13-19,24,28H,2,7-8,11-12,20-21H2,1H3,(H,33,37)/t28-/m0/s1. The van der Waals surface area contributed by atoms with E-state index in [0.717, 1.165) is 54.3 Å². The van der Waals surface area contributed by atoms with Crippen molar-refractivity contribution in [1.82, 2.24) is 10.2 Å². The lowest BCUT2D eigenvalue weighted by molar-refractivity contribution is -0.140. The SMILES string of the molecule is CC[C@@H](C(=O)NC1CCCC1)N(Cc1ccccc1Cl)C(=O)CN(c1ccccc1)S(=O)(=O)c1ccc(F)cc1. The van der Waals surface area contributed by atoms with Gasteiger partial charge in [0.05, 0.1) is 10.6 Å². The molecule has 0 unspecified atom stereocenters. The molecule has 0 aliphatic heterocycles. The number of hydrogen-bond acceptors (Lipinski definition) is 4. The predicted octanol–water partition coefficient (Wildman–Crippen LogP) is 5.54. The van der Waals surface area contributed by atoms with Gasteiger partial charge in [-0.2, -0.15) is 0 Å². The maximum absolute atomic E-state index is 14.1. The Balaban J connectivity index is 1.70. The second-order valence-corrected chi connectivity index (χ2v) is 12.1. The normalized spacial score (nSPS) is 14.5. The molecule has 1 saturated carbocycles. The van der Waals surface area contributed by atoms with Gasteiger partial charge in [-0.05, 0) is 67.3 Å². The van der Waals surface area contributed by atoms with Gasteiger partial charge in [-0.1, -0.05) is 67.8 Å². The molecule has 0 saturated heterocycles. The Kier molecular flexibility index (Phi) is 9.81. The van der Waals surface area contributed by atoms with E-state index in [1.807, 2.05) is 6.92 Å². The van der Waals surface area contributed by atoms with Crippen LogP contribution < -0.4 is 9.62 Å². The summed E-state index contributed by atoms with van der Waals surface area (Å²) in [6.07, 6.45) is 4.18. The second kappa shape index (κ2) is 13.3. The Morgan fingerprint density at radius 3 is 2.23 bits per heavy atom. The van der Waals surface area contributed by atoms with E-state index in [-0.39, 0.29) is 29.1 Å². The number of nitrogens with one attached hydrogen (secondary N) is 1. The molecule has 212 valence electrons. The van der Waals surface area contributed by atoms with E-state index >= 15 is 0 Å². The Labute approximate surface area is 240 Å². The van der Waals surface area contributed by atoms with Crippen LogP contribution in [0.25, 0.3) is 0 Å². The van der Waals surface area contributed by atoms with Crippen LogP contribution in [0.5, 0.6) is 0 Å². The number of carbonyl (C=O) groups excluding carboxylic acids is 2. The van der Waals surface area contributed by atoms with Gasteiger partial charge in [0, 0.05) is 17.6 Å². The van der Waals surface area contributed by atoms with Crippen LogP contribution in [0, 0.1) is 5.82 Å². The number of benzene rings is 3. The summed E-state index contributed by atoms with van der Waals surface area (Å²) < 4.78 is 42.1. The Hall–Kier alpha value is -3.43. The van der Waals surface area contributed by atoms with Crippen molar-refractivity contribution in [3.63, 3.8) is 0 Å². The molecule has 0 aromatic heterocycles. The molecule has 10 heteroatoms. The first-order chi connectivity index (χ1) is 19.2. The zero-order valence-electron chi connectivity index (χ0n) is 22.3. The molecule has 0 bridgehead atoms. The van der Waals surface area contributed by atoms with Crippen molar-refractivity contribution in [2.75, 3.05) is 10.8 Å². The first-order valence-corrected chi connectivity index (χ1v) is 15.2. The van der Waals surface area contributed by atoms with Crippen molar-refractivity contribution in [3.8, 4) is 0 Å². The summed E-state index contributed by atoms with van der Waals surface area (Å²) in [5.74, 6) is -1.42. The monoisotopic (exact) mass is 585 g/mol. The highest BCUT2D eigenvalue weighted by atomic mass is 35.5. The summed E-state index contributed by atoms with van der Waals surface area (Å²) in [7, 11) is -4.26. The van der Waals surface area contributed by atoms with Gasteiger partial charge in [0.2, 0.25) is 11.8 Å². The largest absolute Gasteiger partial charge is 0.352 e. The van der Waals surface area contributed by atoms with Crippen molar-refractivity contribution in [2.45, 2.75) is 62.6 Å². The fourth-order valence-electron chi connectivity index (χ4n) is 4.95. The van der Waals surface area contributed by atoms with E-state index in [0.29, 0.717) is 17.0 Å². The first-order valence-electron chi connectivity index (χ1n) is 13.4. The van der Waals surface area contributed by atoms with Crippen LogP contribution in [-0.4, -0.2) is 43.8 Å². The van der Waals surface area contributed by atoms with E-state index < -0.39 is 34.3 Å². The van der Waals surface area contributed by atoms with Crippen LogP contribution in [-0.2, 0) is 26.2 Å². The molecule has 0 spiro atoms. The summed E-state index contributed by atoms with van der Waals surface area (Å²) in [6.45, 7) is 1.27. The van der Waals surface area contributed by atoms with Crippen molar-refractivity contribution >= 4 is 39.1 Å². The third-order valence-electron chi connectivity index (χ3n) is 7.11. The lowest BCUT2D eigenvalue weighted by Crippen LogP contribution is -2.53. The number of rotatable bonds is 11. The molecule has 1 N–H and O–H groups in total. The van der Waals surface area contributed by atoms with Crippen LogP contribution in [0.15, 0.2) is 83.8 Å². The Bertz CT molecular complexity index is 1410. The average Bonchev–Trinajstić information content (AvgIpc) is 3.46. The number of amides is 2. The Morgan fingerprint density at radius 2 is 1.60 bits per heavy atom. The third-order valence-corrected chi connectivity index (χ3v) is 9.27. The second-order valence-electron chi connectivity index (χ2n) is 9.83. The highest BCUT2D eigenvalue weighted by Crippen LogP contribution is 2.26. The summed E-state index contributed by atoms with van der Waals surface area (Å²) in [5.41, 5.74) is 0.901. The molecular weight excluding hydrogens is 553 g/mol. The fraction of sp³-hybridized carbons (Fsp3) is 0.333. The Morgan fingerprint density at radius 1 is 0.975 bits per heavy atom. The third kappa shape index (κ3) is 7.01. The van der Waals surface area contributed by atoms with Crippen molar-refractivity contribution in [3.05, 3.63) is 95.3 Å². The molecule has 1 atom stereocenters. The van der Waals surface area contributed by atoms with Crippen LogP contribution in [0.2, 0.25) is 5.02 Å². The van der Waals surface area contributed by atoms with Crippen molar-refractivity contribution in [2.24, 2.45) is 0 Å². The lowest BCUT2D eigenvalue weighted by atomic mass is 10.1. The molecule has 0 radical (unpaired) electrons. The molecule has 2 amide bonds. The number of carbonyl (C=O) groups is 2. The van der Waals surface area contributed by atoms with Gasteiger partial charge < -0.3 is 10.2 Å². The van der Waals surface area contributed by atoms with Crippen LogP contribution in [0.1, 0.15) is 44.6 Å². The average molecular weight is 586 g/mol. The first kappa shape index (κ1) is 29.6. The molecule has 40 heavy (non-hydrogen) atoms. The summed E-state index contributed by atoms with van der Waals surface area (Å²) in [6, 6.07) is 18.9. The molecule has 4 rings (SSSR count). The van der Waals surface area contributed by atoms with E-state index in [1.165, 1.54) is 4.90 Å². The molecule has 1 aliphatic rings. The highest BCUT2D eigenvalue weighted by molar-refractivity contribution is 7.92. The number of sulfonamides is 1. The van der Waals surface area contributed by atoms with E-state index in [2.05, 4.69) is 5.32 Å². The molecular formula is C30H33ClFN3O4S. The topological polar surface area (TPSA) is 86.8 Å². The zero-order chi connectivity index (χ0) is 28.7. The minimum atomic E-state index is -4.26. The van der Waals surface area contributed by atoms with E-state index in [4.69, 9.17) is 11.6 Å². The number of nitrogens with zero attached hydrogens (tertiary/aromatic N) is 2. The van der Waals surface area contributed by atoms with Gasteiger partial charge in [-0.15, -0.1) is 0 Å². The minimum Gasteiger partial charge on any atom is -0.352 e. The maximum atomic E-state index is 14.1. The van der Waals surface area contributed by atoms with Crippen molar-refractivity contribution in [1.29, 1.82) is 0 Å². The smallest absolute Gasteiger partial charge is 0.264 e. The van der Waals surface area contributed by atoms with Gasteiger partial charge >= 0.3 is 0 Å². The fourth-order valence-corrected chi connectivity index (χ4v) is 6.56. The molecule has 1 aliphatic carbocycles. The number of anilines is 1. The molecule has 3 aromatic rings. The zero-order valence-corrected chi connectivity index (χ0v) is 23.9. The molecule has 1 fully saturated rings. The van der Waals surface area contributed by atoms with Crippen LogP contribution in [0.4, 0.5) is 10.1 Å². The van der Waals surface area contributed by atoms with Crippen LogP contribution in [0.3, 0.4) is 0 Å². The van der Waals surface area contributed by atoms with Gasteiger partial charge in [-0.25, -0.2) is 12.8 Å². The van der Waals surface area contributed by atoms with E-state index in [1.54, 1.807) is 54.6 Å². The van der Waals surface area contributed by atoms with Crippen molar-refractivity contribution < 1.29 is 22.4 Å². The summed E-state index contributed by atoms with van der Waals surface area (Å²) >= 11 is 6.43.